The van der Waals surface area contributed by atoms with Crippen LogP contribution < -0.4 is 5.32 Å². The number of nitrogens with one attached hydrogen (secondary N) is 1. The van der Waals surface area contributed by atoms with Crippen LogP contribution in [-0.2, 0) is 0 Å². The second-order valence-corrected chi connectivity index (χ2v) is 6.04. The summed E-state index contributed by atoms with van der Waals surface area (Å²) in [6.45, 7) is 2.26. The topological polar surface area (TPSA) is 12.0 Å². The Labute approximate surface area is 120 Å². The fraction of sp³-hybridized carbons (Fsp3) is 0.625. The SMILES string of the molecule is CCC1CCCC(C(NC)c2cc(F)ccc2Cl)C1. The molecule has 0 amide bonds. The van der Waals surface area contributed by atoms with Crippen molar-refractivity contribution >= 4 is 11.6 Å². The fourth-order valence-corrected chi connectivity index (χ4v) is 3.64. The first-order valence-electron chi connectivity index (χ1n) is 7.28. The fourth-order valence-electron chi connectivity index (χ4n) is 3.40. The molecule has 0 spiro atoms. The third-order valence-corrected chi connectivity index (χ3v) is 4.82. The third kappa shape index (κ3) is 3.49. The number of hydrogen-bond acceptors (Lipinski definition) is 1. The van der Waals surface area contributed by atoms with Crippen LogP contribution in [0.25, 0.3) is 0 Å². The molecule has 1 saturated carbocycles. The van der Waals surface area contributed by atoms with Gasteiger partial charge in [0.15, 0.2) is 0 Å². The van der Waals surface area contributed by atoms with Gasteiger partial charge in [0.2, 0.25) is 0 Å². The molecule has 0 bridgehead atoms. The van der Waals surface area contributed by atoms with Crippen molar-refractivity contribution in [1.82, 2.24) is 5.32 Å². The molecule has 0 aromatic heterocycles. The Balaban J connectivity index is 2.21. The molecule has 2 rings (SSSR count). The van der Waals surface area contributed by atoms with E-state index in [2.05, 4.69) is 12.2 Å². The van der Waals surface area contributed by atoms with Gasteiger partial charge in [-0.15, -0.1) is 0 Å². The van der Waals surface area contributed by atoms with Gasteiger partial charge >= 0.3 is 0 Å². The predicted molar refractivity (Wildman–Crippen MR) is 78.9 cm³/mol. The van der Waals surface area contributed by atoms with Crippen molar-refractivity contribution in [1.29, 1.82) is 0 Å². The maximum Gasteiger partial charge on any atom is 0.123 e. The Hall–Kier alpha value is -0.600. The third-order valence-electron chi connectivity index (χ3n) is 4.48. The minimum atomic E-state index is -0.206. The van der Waals surface area contributed by atoms with Crippen LogP contribution in [0.4, 0.5) is 4.39 Å². The van der Waals surface area contributed by atoms with Gasteiger partial charge in [0.25, 0.3) is 0 Å². The van der Waals surface area contributed by atoms with Crippen LogP contribution in [0.5, 0.6) is 0 Å². The Kier molecular flexibility index (Phi) is 5.23. The summed E-state index contributed by atoms with van der Waals surface area (Å²) in [5.74, 6) is 1.16. The lowest BCUT2D eigenvalue weighted by molar-refractivity contribution is 0.214. The summed E-state index contributed by atoms with van der Waals surface area (Å²) in [6.07, 6.45) is 6.27. The molecule has 19 heavy (non-hydrogen) atoms. The highest BCUT2D eigenvalue weighted by Crippen LogP contribution is 2.40. The van der Waals surface area contributed by atoms with Gasteiger partial charge in [-0.3, -0.25) is 0 Å². The molecule has 1 aliphatic carbocycles. The molecule has 3 unspecified atom stereocenters. The number of rotatable bonds is 4. The average molecular weight is 284 g/mol. The summed E-state index contributed by atoms with van der Waals surface area (Å²) in [5.41, 5.74) is 0.908. The van der Waals surface area contributed by atoms with Gasteiger partial charge in [0.05, 0.1) is 0 Å². The maximum atomic E-state index is 13.5. The van der Waals surface area contributed by atoms with E-state index in [4.69, 9.17) is 11.6 Å². The van der Waals surface area contributed by atoms with Crippen molar-refractivity contribution < 1.29 is 4.39 Å². The normalized spacial score (nSPS) is 25.3. The van der Waals surface area contributed by atoms with E-state index in [-0.39, 0.29) is 11.9 Å². The Morgan fingerprint density at radius 2 is 2.21 bits per heavy atom. The molecule has 1 aromatic rings. The van der Waals surface area contributed by atoms with Gasteiger partial charge in [-0.25, -0.2) is 4.39 Å². The van der Waals surface area contributed by atoms with Crippen LogP contribution in [0.1, 0.15) is 50.6 Å². The van der Waals surface area contributed by atoms with E-state index >= 15 is 0 Å². The first-order chi connectivity index (χ1) is 9.15. The highest BCUT2D eigenvalue weighted by atomic mass is 35.5. The second-order valence-electron chi connectivity index (χ2n) is 5.63. The first-order valence-corrected chi connectivity index (χ1v) is 7.65. The predicted octanol–water partition coefficient (Wildman–Crippen LogP) is 4.96. The standard InChI is InChI=1S/C16H23ClFN/c1-3-11-5-4-6-12(9-11)16(19-2)14-10-13(18)7-8-15(14)17/h7-8,10-12,16,19H,3-6,9H2,1-2H3. The van der Waals surface area contributed by atoms with Crippen molar-refractivity contribution in [3.05, 3.63) is 34.6 Å². The molecular formula is C16H23ClFN. The van der Waals surface area contributed by atoms with Gasteiger partial charge < -0.3 is 5.32 Å². The van der Waals surface area contributed by atoms with Crippen LogP contribution in [0.15, 0.2) is 18.2 Å². The smallest absolute Gasteiger partial charge is 0.123 e. The molecule has 0 radical (unpaired) electrons. The summed E-state index contributed by atoms with van der Waals surface area (Å²) in [5, 5.41) is 4.02. The summed E-state index contributed by atoms with van der Waals surface area (Å²) in [7, 11) is 1.95. The lowest BCUT2D eigenvalue weighted by Gasteiger charge is -2.34. The lowest BCUT2D eigenvalue weighted by Crippen LogP contribution is -2.29. The highest BCUT2D eigenvalue weighted by molar-refractivity contribution is 6.31. The zero-order valence-corrected chi connectivity index (χ0v) is 12.5. The van der Waals surface area contributed by atoms with Crippen molar-refractivity contribution in [2.75, 3.05) is 7.05 Å². The molecule has 1 N–H and O–H groups in total. The Morgan fingerprint density at radius 3 is 2.89 bits per heavy atom. The number of halogens is 2. The van der Waals surface area contributed by atoms with Gasteiger partial charge in [-0.05, 0) is 55.5 Å². The zero-order chi connectivity index (χ0) is 13.8. The lowest BCUT2D eigenvalue weighted by atomic mass is 9.75. The molecule has 1 fully saturated rings. The van der Waals surface area contributed by atoms with Crippen molar-refractivity contribution in [2.24, 2.45) is 11.8 Å². The molecule has 3 heteroatoms. The van der Waals surface area contributed by atoms with E-state index in [0.717, 1.165) is 11.5 Å². The highest BCUT2D eigenvalue weighted by Gasteiger charge is 2.29. The van der Waals surface area contributed by atoms with Crippen LogP contribution >= 0.6 is 11.6 Å². The van der Waals surface area contributed by atoms with E-state index in [1.807, 2.05) is 7.05 Å². The molecule has 1 nitrogen and oxygen atoms in total. The zero-order valence-electron chi connectivity index (χ0n) is 11.8. The Morgan fingerprint density at radius 1 is 1.42 bits per heavy atom. The average Bonchev–Trinajstić information content (AvgIpc) is 2.44. The quantitative estimate of drug-likeness (QED) is 0.824. The van der Waals surface area contributed by atoms with Gasteiger partial charge in [-0.2, -0.15) is 0 Å². The van der Waals surface area contributed by atoms with Crippen molar-refractivity contribution in [3.8, 4) is 0 Å². The number of hydrogen-bond donors (Lipinski definition) is 1. The van der Waals surface area contributed by atoms with E-state index in [1.165, 1.54) is 38.2 Å². The van der Waals surface area contributed by atoms with Crippen LogP contribution in [0.2, 0.25) is 5.02 Å². The second kappa shape index (κ2) is 6.71. The minimum Gasteiger partial charge on any atom is -0.313 e. The largest absolute Gasteiger partial charge is 0.313 e. The van der Waals surface area contributed by atoms with Gasteiger partial charge in [0, 0.05) is 11.1 Å². The monoisotopic (exact) mass is 283 g/mol. The summed E-state index contributed by atoms with van der Waals surface area (Å²) in [4.78, 5) is 0. The summed E-state index contributed by atoms with van der Waals surface area (Å²) >= 11 is 6.25. The van der Waals surface area contributed by atoms with E-state index in [0.29, 0.717) is 10.9 Å². The molecule has 3 atom stereocenters. The Bertz CT molecular complexity index is 421. The molecular weight excluding hydrogens is 261 g/mol. The molecule has 1 aliphatic rings. The molecule has 0 heterocycles. The van der Waals surface area contributed by atoms with Gasteiger partial charge in [-0.1, -0.05) is 37.8 Å². The van der Waals surface area contributed by atoms with E-state index in [1.54, 1.807) is 12.1 Å². The number of benzene rings is 1. The van der Waals surface area contributed by atoms with Crippen molar-refractivity contribution in [3.63, 3.8) is 0 Å². The molecule has 0 saturated heterocycles. The summed E-state index contributed by atoms with van der Waals surface area (Å²) < 4.78 is 13.5. The molecule has 1 aromatic carbocycles. The van der Waals surface area contributed by atoms with Crippen LogP contribution in [0.3, 0.4) is 0 Å². The van der Waals surface area contributed by atoms with Gasteiger partial charge in [0.1, 0.15) is 5.82 Å². The molecule has 106 valence electrons. The first kappa shape index (κ1) is 14.8. The van der Waals surface area contributed by atoms with E-state index in [9.17, 15) is 4.39 Å². The maximum absolute atomic E-state index is 13.5. The van der Waals surface area contributed by atoms with E-state index < -0.39 is 0 Å². The summed E-state index contributed by atoms with van der Waals surface area (Å²) in [6, 6.07) is 4.84. The van der Waals surface area contributed by atoms with Crippen LogP contribution in [0, 0.1) is 17.7 Å². The minimum absolute atomic E-state index is 0.164. The molecule has 0 aliphatic heterocycles. The van der Waals surface area contributed by atoms with Crippen LogP contribution in [-0.4, -0.2) is 7.05 Å². The van der Waals surface area contributed by atoms with Crippen molar-refractivity contribution in [2.45, 2.75) is 45.1 Å².